The number of benzene rings is 1. The third-order valence-electron chi connectivity index (χ3n) is 2.91. The van der Waals surface area contributed by atoms with Crippen molar-refractivity contribution in [2.45, 2.75) is 39.5 Å². The van der Waals surface area contributed by atoms with Gasteiger partial charge in [0.15, 0.2) is 5.11 Å². The molecule has 21 heavy (non-hydrogen) atoms. The summed E-state index contributed by atoms with van der Waals surface area (Å²) in [4.78, 5) is 11.8. The van der Waals surface area contributed by atoms with E-state index < -0.39 is 0 Å². The highest BCUT2D eigenvalue weighted by Gasteiger charge is 2.04. The second kappa shape index (κ2) is 9.07. The molecule has 0 saturated carbocycles. The summed E-state index contributed by atoms with van der Waals surface area (Å²) >= 11 is 4.70. The van der Waals surface area contributed by atoms with Crippen molar-refractivity contribution < 1.29 is 4.79 Å². The normalized spacial score (nSPS) is 11.0. The van der Waals surface area contributed by atoms with E-state index in [0.29, 0.717) is 6.42 Å². The van der Waals surface area contributed by atoms with Gasteiger partial charge in [-0.25, -0.2) is 0 Å². The summed E-state index contributed by atoms with van der Waals surface area (Å²) in [6.45, 7) is 3.96. The van der Waals surface area contributed by atoms with Crippen LogP contribution in [-0.2, 0) is 4.79 Å². The molecule has 0 spiro atoms. The van der Waals surface area contributed by atoms with E-state index >= 15 is 0 Å². The van der Waals surface area contributed by atoms with E-state index in [1.54, 1.807) is 0 Å². The second-order valence-corrected chi connectivity index (χ2v) is 5.20. The Morgan fingerprint density at radius 3 is 2.81 bits per heavy atom. The third kappa shape index (κ3) is 6.85. The van der Waals surface area contributed by atoms with Gasteiger partial charge in [0.05, 0.1) is 5.71 Å². The zero-order valence-corrected chi connectivity index (χ0v) is 13.3. The van der Waals surface area contributed by atoms with Crippen molar-refractivity contribution in [1.82, 2.24) is 5.43 Å². The van der Waals surface area contributed by atoms with Crippen LogP contribution in [0.4, 0.5) is 5.69 Å². The minimum Gasteiger partial charge on any atom is -0.375 e. The van der Waals surface area contributed by atoms with Crippen LogP contribution in [0.1, 0.15) is 45.1 Å². The number of amides is 1. The Morgan fingerprint density at radius 1 is 1.38 bits per heavy atom. The maximum Gasteiger partial charge on any atom is 0.224 e. The van der Waals surface area contributed by atoms with Crippen molar-refractivity contribution in [3.8, 4) is 0 Å². The van der Waals surface area contributed by atoms with Gasteiger partial charge in [0, 0.05) is 12.1 Å². The molecule has 0 bridgehead atoms. The standard InChI is InChI=1S/C15H22N4OS/c1-3-4-5-9-14(20)17-13-8-6-7-12(10-13)11(2)18-19-15(16)21/h6-8,10H,3-5,9H2,1-2H3,(H,17,20)(H3,16,19,21). The van der Waals surface area contributed by atoms with E-state index in [1.165, 1.54) is 0 Å². The van der Waals surface area contributed by atoms with Crippen molar-refractivity contribution >= 4 is 34.6 Å². The van der Waals surface area contributed by atoms with Crippen LogP contribution in [0.3, 0.4) is 0 Å². The molecular formula is C15H22N4OS. The van der Waals surface area contributed by atoms with Crippen molar-refractivity contribution in [2.24, 2.45) is 10.8 Å². The van der Waals surface area contributed by atoms with Crippen LogP contribution in [0.25, 0.3) is 0 Å². The van der Waals surface area contributed by atoms with Crippen molar-refractivity contribution in [1.29, 1.82) is 0 Å². The van der Waals surface area contributed by atoms with E-state index in [9.17, 15) is 4.79 Å². The highest BCUT2D eigenvalue weighted by molar-refractivity contribution is 7.80. The first-order valence-corrected chi connectivity index (χ1v) is 7.43. The number of hydrazone groups is 1. The van der Waals surface area contributed by atoms with Gasteiger partial charge in [-0.15, -0.1) is 0 Å². The van der Waals surface area contributed by atoms with Crippen molar-refractivity contribution in [3.05, 3.63) is 29.8 Å². The van der Waals surface area contributed by atoms with E-state index in [0.717, 1.165) is 36.2 Å². The number of hydrogen-bond donors (Lipinski definition) is 3. The smallest absolute Gasteiger partial charge is 0.224 e. The molecule has 1 rings (SSSR count). The van der Waals surface area contributed by atoms with Crippen LogP contribution in [0.2, 0.25) is 0 Å². The molecule has 1 aromatic carbocycles. The van der Waals surface area contributed by atoms with Crippen LogP contribution in [0.15, 0.2) is 29.4 Å². The van der Waals surface area contributed by atoms with Crippen LogP contribution >= 0.6 is 12.2 Å². The number of thiocarbonyl (C=S) groups is 1. The predicted octanol–water partition coefficient (Wildman–Crippen LogP) is 2.76. The van der Waals surface area contributed by atoms with Crippen molar-refractivity contribution in [3.63, 3.8) is 0 Å². The molecule has 0 heterocycles. The van der Waals surface area contributed by atoms with Gasteiger partial charge in [0.2, 0.25) is 5.91 Å². The van der Waals surface area contributed by atoms with Gasteiger partial charge in [-0.05, 0) is 43.3 Å². The fourth-order valence-electron chi connectivity index (χ4n) is 1.78. The topological polar surface area (TPSA) is 79.5 Å². The molecule has 0 atom stereocenters. The number of nitrogens with zero attached hydrogens (tertiary/aromatic N) is 1. The van der Waals surface area contributed by atoms with Gasteiger partial charge in [-0.1, -0.05) is 31.9 Å². The summed E-state index contributed by atoms with van der Waals surface area (Å²) in [6, 6.07) is 7.51. The molecule has 6 heteroatoms. The molecule has 0 radical (unpaired) electrons. The van der Waals surface area contributed by atoms with Gasteiger partial charge in [0.25, 0.3) is 0 Å². The second-order valence-electron chi connectivity index (χ2n) is 4.76. The minimum atomic E-state index is 0.0384. The average molecular weight is 306 g/mol. The monoisotopic (exact) mass is 306 g/mol. The number of rotatable bonds is 7. The molecule has 0 aliphatic heterocycles. The Labute approximate surface area is 131 Å². The number of hydrogen-bond acceptors (Lipinski definition) is 3. The summed E-state index contributed by atoms with van der Waals surface area (Å²) in [5.41, 5.74) is 10.3. The molecule has 0 aromatic heterocycles. The molecule has 0 fully saturated rings. The van der Waals surface area contributed by atoms with E-state index in [2.05, 4.69) is 22.8 Å². The fourth-order valence-corrected chi connectivity index (χ4v) is 1.83. The first-order valence-electron chi connectivity index (χ1n) is 7.03. The largest absolute Gasteiger partial charge is 0.375 e. The Hall–Kier alpha value is -1.95. The molecule has 0 aliphatic rings. The lowest BCUT2D eigenvalue weighted by Gasteiger charge is -2.07. The fraction of sp³-hybridized carbons (Fsp3) is 0.400. The molecule has 1 aromatic rings. The zero-order chi connectivity index (χ0) is 15.7. The lowest BCUT2D eigenvalue weighted by atomic mass is 10.1. The van der Waals surface area contributed by atoms with Gasteiger partial charge >= 0.3 is 0 Å². The third-order valence-corrected chi connectivity index (χ3v) is 3.00. The van der Waals surface area contributed by atoms with E-state index in [1.807, 2.05) is 31.2 Å². The van der Waals surface area contributed by atoms with Gasteiger partial charge in [-0.2, -0.15) is 5.10 Å². The predicted molar refractivity (Wildman–Crippen MR) is 91.3 cm³/mol. The van der Waals surface area contributed by atoms with E-state index in [-0.39, 0.29) is 11.0 Å². The highest BCUT2D eigenvalue weighted by Crippen LogP contribution is 2.12. The van der Waals surface area contributed by atoms with Crippen LogP contribution < -0.4 is 16.5 Å². The number of anilines is 1. The molecule has 114 valence electrons. The first-order chi connectivity index (χ1) is 10.0. The quantitative estimate of drug-likeness (QED) is 0.313. The molecular weight excluding hydrogens is 284 g/mol. The van der Waals surface area contributed by atoms with Gasteiger partial charge in [0.1, 0.15) is 0 Å². The summed E-state index contributed by atoms with van der Waals surface area (Å²) < 4.78 is 0. The maximum absolute atomic E-state index is 11.8. The lowest BCUT2D eigenvalue weighted by Crippen LogP contribution is -2.25. The Kier molecular flexibility index (Phi) is 7.39. The Bertz CT molecular complexity index is 528. The van der Waals surface area contributed by atoms with Crippen molar-refractivity contribution in [2.75, 3.05) is 5.32 Å². The summed E-state index contributed by atoms with van der Waals surface area (Å²) in [7, 11) is 0. The molecule has 4 N–H and O–H groups in total. The van der Waals surface area contributed by atoms with E-state index in [4.69, 9.17) is 18.0 Å². The average Bonchev–Trinajstić information content (AvgIpc) is 2.45. The summed E-state index contributed by atoms with van der Waals surface area (Å²) in [5.74, 6) is 0.0384. The zero-order valence-electron chi connectivity index (χ0n) is 12.5. The SMILES string of the molecule is CCCCCC(=O)Nc1cccc(C(C)=NNC(N)=S)c1. The number of nitrogens with one attached hydrogen (secondary N) is 2. The molecule has 0 unspecified atom stereocenters. The van der Waals surface area contributed by atoms with Crippen LogP contribution in [0.5, 0.6) is 0 Å². The van der Waals surface area contributed by atoms with Crippen LogP contribution in [0, 0.1) is 0 Å². The molecule has 5 nitrogen and oxygen atoms in total. The summed E-state index contributed by atoms with van der Waals surface area (Å²) in [5, 5.41) is 7.08. The van der Waals surface area contributed by atoms with Crippen LogP contribution in [-0.4, -0.2) is 16.7 Å². The molecule has 0 aliphatic carbocycles. The Balaban J connectivity index is 2.65. The number of unbranched alkanes of at least 4 members (excludes halogenated alkanes) is 2. The molecule has 1 amide bonds. The van der Waals surface area contributed by atoms with Gasteiger partial charge in [-0.3, -0.25) is 10.2 Å². The number of nitrogens with two attached hydrogens (primary N) is 1. The first kappa shape index (κ1) is 17.1. The number of carbonyl (C=O) groups excluding carboxylic acids is 1. The summed E-state index contributed by atoms with van der Waals surface area (Å²) in [6.07, 6.45) is 3.65. The Morgan fingerprint density at radius 2 is 2.14 bits per heavy atom. The maximum atomic E-state index is 11.8. The minimum absolute atomic E-state index is 0.0384. The number of carbonyl (C=O) groups is 1. The lowest BCUT2D eigenvalue weighted by molar-refractivity contribution is -0.116. The highest BCUT2D eigenvalue weighted by atomic mass is 32.1. The van der Waals surface area contributed by atoms with Gasteiger partial charge < -0.3 is 11.1 Å². The molecule has 0 saturated heterocycles.